The van der Waals surface area contributed by atoms with E-state index in [0.717, 1.165) is 28.3 Å². The molecule has 0 bridgehead atoms. The van der Waals surface area contributed by atoms with E-state index >= 15 is 0 Å². The van der Waals surface area contributed by atoms with Crippen LogP contribution < -0.4 is 15.4 Å². The van der Waals surface area contributed by atoms with E-state index < -0.39 is 0 Å². The fourth-order valence-electron chi connectivity index (χ4n) is 2.43. The minimum absolute atomic E-state index is 0.0321. The van der Waals surface area contributed by atoms with Gasteiger partial charge in [0.05, 0.1) is 17.9 Å². The zero-order chi connectivity index (χ0) is 15.0. The third-order valence-corrected chi connectivity index (χ3v) is 3.70. The fourth-order valence-corrected chi connectivity index (χ4v) is 2.43. The number of hydrogen-bond acceptors (Lipinski definition) is 5. The molecule has 0 saturated heterocycles. The Morgan fingerprint density at radius 3 is 2.86 bits per heavy atom. The Hall–Kier alpha value is -2.34. The monoisotopic (exact) mass is 287 g/mol. The van der Waals surface area contributed by atoms with Crippen molar-refractivity contribution in [2.45, 2.75) is 26.9 Å². The number of rotatable bonds is 3. The third-order valence-electron chi connectivity index (χ3n) is 3.70. The molecule has 0 aliphatic carbocycles. The summed E-state index contributed by atoms with van der Waals surface area (Å²) in [7, 11) is 0. The van der Waals surface area contributed by atoms with E-state index in [4.69, 9.17) is 15.0 Å². The number of aryl methyl sites for hydroxylation is 2. The van der Waals surface area contributed by atoms with E-state index in [9.17, 15) is 4.79 Å². The zero-order valence-corrected chi connectivity index (χ0v) is 12.0. The van der Waals surface area contributed by atoms with E-state index in [1.807, 2.05) is 32.0 Å². The molecular formula is C15H17N3O3. The quantitative estimate of drug-likeness (QED) is 0.928. The lowest BCUT2D eigenvalue weighted by atomic mass is 10.1. The van der Waals surface area contributed by atoms with E-state index in [0.29, 0.717) is 18.8 Å². The van der Waals surface area contributed by atoms with Crippen molar-refractivity contribution in [1.82, 2.24) is 5.16 Å². The van der Waals surface area contributed by atoms with Crippen LogP contribution in [0.2, 0.25) is 0 Å². The van der Waals surface area contributed by atoms with Gasteiger partial charge in [0.2, 0.25) is 0 Å². The van der Waals surface area contributed by atoms with E-state index in [2.05, 4.69) is 5.16 Å². The molecule has 0 fully saturated rings. The number of benzene rings is 1. The number of nitrogens with two attached hydrogens (primary N) is 1. The van der Waals surface area contributed by atoms with Gasteiger partial charge in [-0.05, 0) is 31.5 Å². The van der Waals surface area contributed by atoms with Crippen molar-refractivity contribution >= 4 is 11.6 Å². The molecule has 0 spiro atoms. The number of carbonyl (C=O) groups excluding carboxylic acids is 1. The van der Waals surface area contributed by atoms with Crippen molar-refractivity contribution in [1.29, 1.82) is 0 Å². The number of fused-ring (bicyclic) bond motifs is 1. The van der Waals surface area contributed by atoms with Gasteiger partial charge in [0, 0.05) is 12.1 Å². The van der Waals surface area contributed by atoms with Gasteiger partial charge in [0.1, 0.15) is 11.5 Å². The predicted molar refractivity (Wildman–Crippen MR) is 77.0 cm³/mol. The van der Waals surface area contributed by atoms with Crippen LogP contribution >= 0.6 is 0 Å². The Morgan fingerprint density at radius 1 is 1.38 bits per heavy atom. The molecule has 2 aromatic rings. The summed E-state index contributed by atoms with van der Waals surface area (Å²) in [5.41, 5.74) is 9.09. The highest BCUT2D eigenvalue weighted by Crippen LogP contribution is 2.34. The molecule has 1 aliphatic rings. The molecule has 1 aliphatic heterocycles. The Kier molecular flexibility index (Phi) is 3.39. The van der Waals surface area contributed by atoms with Crippen LogP contribution in [0, 0.1) is 13.8 Å². The average molecular weight is 287 g/mol. The molecule has 0 saturated carbocycles. The average Bonchev–Trinajstić information content (AvgIpc) is 2.81. The van der Waals surface area contributed by atoms with Crippen LogP contribution in [0.1, 0.15) is 22.6 Å². The van der Waals surface area contributed by atoms with Gasteiger partial charge in [-0.2, -0.15) is 0 Å². The van der Waals surface area contributed by atoms with E-state index in [1.165, 1.54) is 0 Å². The first-order valence-corrected chi connectivity index (χ1v) is 6.78. The second-order valence-corrected chi connectivity index (χ2v) is 5.08. The molecule has 1 aromatic carbocycles. The first-order chi connectivity index (χ1) is 10.1. The summed E-state index contributed by atoms with van der Waals surface area (Å²) in [5.74, 6) is 1.33. The minimum atomic E-state index is -0.0806. The molecule has 6 nitrogen and oxygen atoms in total. The summed E-state index contributed by atoms with van der Waals surface area (Å²) in [4.78, 5) is 13.9. The van der Waals surface area contributed by atoms with E-state index in [-0.39, 0.29) is 12.5 Å². The van der Waals surface area contributed by atoms with Crippen molar-refractivity contribution in [3.8, 4) is 5.75 Å². The number of amides is 1. The lowest BCUT2D eigenvalue weighted by Gasteiger charge is -2.29. The molecule has 0 atom stereocenters. The lowest BCUT2D eigenvalue weighted by Crippen LogP contribution is -2.38. The summed E-state index contributed by atoms with van der Waals surface area (Å²) in [6.07, 6.45) is 0. The number of carbonyl (C=O) groups is 1. The topological polar surface area (TPSA) is 81.6 Å². The van der Waals surface area contributed by atoms with Crippen LogP contribution in [0.25, 0.3) is 0 Å². The Bertz CT molecular complexity index is 674. The summed E-state index contributed by atoms with van der Waals surface area (Å²) in [6, 6.07) is 5.65. The van der Waals surface area contributed by atoms with Crippen molar-refractivity contribution < 1.29 is 14.1 Å². The minimum Gasteiger partial charge on any atom is -0.482 e. The maximum atomic E-state index is 12.2. The highest BCUT2D eigenvalue weighted by molar-refractivity contribution is 5.97. The predicted octanol–water partition coefficient (Wildman–Crippen LogP) is 1.68. The summed E-state index contributed by atoms with van der Waals surface area (Å²) >= 11 is 0. The second kappa shape index (κ2) is 5.21. The van der Waals surface area contributed by atoms with Crippen LogP contribution in [0.3, 0.4) is 0 Å². The third kappa shape index (κ3) is 2.38. The van der Waals surface area contributed by atoms with Gasteiger partial charge in [0.15, 0.2) is 6.61 Å². The molecule has 3 rings (SSSR count). The molecule has 21 heavy (non-hydrogen) atoms. The first kappa shape index (κ1) is 13.6. The number of aromatic nitrogens is 1. The first-order valence-electron chi connectivity index (χ1n) is 6.78. The molecule has 2 heterocycles. The summed E-state index contributed by atoms with van der Waals surface area (Å²) in [6.45, 7) is 4.62. The maximum absolute atomic E-state index is 12.2. The standard InChI is InChI=1S/C15H17N3O3/c1-9-12(10(2)21-17-9)7-18-13-4-3-11(6-16)5-14(13)20-8-15(18)19/h3-5H,6-8,16H2,1-2H3. The number of anilines is 1. The Balaban J connectivity index is 1.98. The smallest absolute Gasteiger partial charge is 0.265 e. The largest absolute Gasteiger partial charge is 0.482 e. The summed E-state index contributed by atoms with van der Waals surface area (Å²) < 4.78 is 10.7. The SMILES string of the molecule is Cc1noc(C)c1CN1C(=O)COc2cc(CN)ccc21. The van der Waals surface area contributed by atoms with Crippen molar-refractivity contribution in [3.63, 3.8) is 0 Å². The number of ether oxygens (including phenoxy) is 1. The van der Waals surface area contributed by atoms with Crippen LogP contribution in [0.15, 0.2) is 22.7 Å². The van der Waals surface area contributed by atoms with Crippen LogP contribution in [0.4, 0.5) is 5.69 Å². The van der Waals surface area contributed by atoms with Crippen molar-refractivity contribution in [3.05, 3.63) is 40.8 Å². The molecule has 1 amide bonds. The van der Waals surface area contributed by atoms with Crippen LogP contribution in [-0.2, 0) is 17.9 Å². The maximum Gasteiger partial charge on any atom is 0.265 e. The van der Waals surface area contributed by atoms with Gasteiger partial charge in [-0.15, -0.1) is 0 Å². The number of hydrogen-bond donors (Lipinski definition) is 1. The van der Waals surface area contributed by atoms with Gasteiger partial charge in [-0.1, -0.05) is 11.2 Å². The molecular weight excluding hydrogens is 270 g/mol. The van der Waals surface area contributed by atoms with Crippen LogP contribution in [-0.4, -0.2) is 17.7 Å². The highest BCUT2D eigenvalue weighted by Gasteiger charge is 2.27. The normalized spacial score (nSPS) is 14.0. The molecule has 0 radical (unpaired) electrons. The second-order valence-electron chi connectivity index (χ2n) is 5.08. The van der Waals surface area contributed by atoms with Crippen molar-refractivity contribution in [2.75, 3.05) is 11.5 Å². The van der Waals surface area contributed by atoms with E-state index in [1.54, 1.807) is 4.90 Å². The zero-order valence-electron chi connectivity index (χ0n) is 12.0. The Morgan fingerprint density at radius 2 is 2.19 bits per heavy atom. The molecule has 2 N–H and O–H groups in total. The fraction of sp³-hybridized carbons (Fsp3) is 0.333. The lowest BCUT2D eigenvalue weighted by molar-refractivity contribution is -0.121. The molecule has 110 valence electrons. The molecule has 1 aromatic heterocycles. The van der Waals surface area contributed by atoms with Gasteiger partial charge in [-0.3, -0.25) is 4.79 Å². The molecule has 6 heteroatoms. The van der Waals surface area contributed by atoms with Gasteiger partial charge < -0.3 is 19.9 Å². The van der Waals surface area contributed by atoms with Gasteiger partial charge in [-0.25, -0.2) is 0 Å². The van der Waals surface area contributed by atoms with Crippen molar-refractivity contribution in [2.24, 2.45) is 5.73 Å². The van der Waals surface area contributed by atoms with Gasteiger partial charge >= 0.3 is 0 Å². The Labute approximate surface area is 122 Å². The van der Waals surface area contributed by atoms with Gasteiger partial charge in [0.25, 0.3) is 5.91 Å². The summed E-state index contributed by atoms with van der Waals surface area (Å²) in [5, 5.41) is 3.93. The molecule has 0 unspecified atom stereocenters. The number of nitrogens with zero attached hydrogens (tertiary/aromatic N) is 2. The van der Waals surface area contributed by atoms with Crippen LogP contribution in [0.5, 0.6) is 5.75 Å². The highest BCUT2D eigenvalue weighted by atomic mass is 16.5.